The van der Waals surface area contributed by atoms with Crippen LogP contribution in [0.2, 0.25) is 0 Å². The second-order valence-corrected chi connectivity index (χ2v) is 5.22. The Morgan fingerprint density at radius 3 is 3.00 bits per heavy atom. The molecule has 0 spiro atoms. The highest BCUT2D eigenvalue weighted by Crippen LogP contribution is 2.26. The number of hydrogen-bond acceptors (Lipinski definition) is 3. The zero-order valence-corrected chi connectivity index (χ0v) is 11.9. The molecular weight excluding hydrogens is 264 g/mol. The van der Waals surface area contributed by atoms with E-state index in [1.807, 2.05) is 23.1 Å². The summed E-state index contributed by atoms with van der Waals surface area (Å²) in [6.07, 6.45) is 3.62. The molecule has 5 heteroatoms. The van der Waals surface area contributed by atoms with Crippen LogP contribution < -0.4 is 4.90 Å². The van der Waals surface area contributed by atoms with E-state index in [4.69, 9.17) is 5.26 Å². The predicted octanol–water partition coefficient (Wildman–Crippen LogP) is 2.04. The van der Waals surface area contributed by atoms with Gasteiger partial charge in [-0.3, -0.25) is 9.48 Å². The third kappa shape index (κ3) is 2.52. The molecule has 0 bridgehead atoms. The monoisotopic (exact) mass is 280 g/mol. The fraction of sp³-hybridized carbons (Fsp3) is 0.312. The molecule has 0 fully saturated rings. The Labute approximate surface area is 123 Å². The van der Waals surface area contributed by atoms with E-state index in [0.717, 1.165) is 25.1 Å². The highest BCUT2D eigenvalue weighted by Gasteiger charge is 2.22. The topological polar surface area (TPSA) is 61.9 Å². The van der Waals surface area contributed by atoms with Crippen molar-refractivity contribution in [2.75, 3.05) is 11.4 Å². The molecular formula is C16H16N4O. The first-order valence-electron chi connectivity index (χ1n) is 7.01. The number of anilines is 1. The number of benzene rings is 1. The summed E-state index contributed by atoms with van der Waals surface area (Å²) in [5.41, 5.74) is 3.38. The van der Waals surface area contributed by atoms with Gasteiger partial charge in [0.25, 0.3) is 0 Å². The van der Waals surface area contributed by atoms with Gasteiger partial charge in [-0.15, -0.1) is 0 Å². The van der Waals surface area contributed by atoms with E-state index in [0.29, 0.717) is 11.3 Å². The zero-order chi connectivity index (χ0) is 14.8. The molecule has 2 aromatic rings. The van der Waals surface area contributed by atoms with Crippen molar-refractivity contribution in [3.05, 3.63) is 47.3 Å². The highest BCUT2D eigenvalue weighted by atomic mass is 16.2. The number of para-hydroxylation sites is 1. The van der Waals surface area contributed by atoms with Crippen LogP contribution in [0.15, 0.2) is 30.5 Å². The molecule has 0 saturated carbocycles. The summed E-state index contributed by atoms with van der Waals surface area (Å²) < 4.78 is 1.55. The predicted molar refractivity (Wildman–Crippen MR) is 78.8 cm³/mol. The van der Waals surface area contributed by atoms with Gasteiger partial charge in [-0.1, -0.05) is 18.2 Å². The van der Waals surface area contributed by atoms with Crippen LogP contribution in [0.25, 0.3) is 0 Å². The lowest BCUT2D eigenvalue weighted by Gasteiger charge is -2.29. The number of hydrogen-bond donors (Lipinski definition) is 0. The molecule has 1 aromatic heterocycles. The minimum absolute atomic E-state index is 0.00846. The smallest absolute Gasteiger partial charge is 0.248 e. The summed E-state index contributed by atoms with van der Waals surface area (Å²) in [6, 6.07) is 10.1. The number of carbonyl (C=O) groups is 1. The van der Waals surface area contributed by atoms with E-state index < -0.39 is 0 Å². The molecule has 5 nitrogen and oxygen atoms in total. The van der Waals surface area contributed by atoms with E-state index >= 15 is 0 Å². The fourth-order valence-electron chi connectivity index (χ4n) is 2.73. The normalized spacial score (nSPS) is 13.6. The first kappa shape index (κ1) is 13.4. The number of carbonyl (C=O) groups excluding carboxylic acids is 1. The summed E-state index contributed by atoms with van der Waals surface area (Å²) in [5, 5.41) is 13.2. The average Bonchev–Trinajstić information content (AvgIpc) is 2.86. The average molecular weight is 280 g/mol. The van der Waals surface area contributed by atoms with Gasteiger partial charge in [-0.25, -0.2) is 0 Å². The molecule has 0 saturated heterocycles. The molecule has 1 amide bonds. The minimum Gasteiger partial charge on any atom is -0.311 e. The summed E-state index contributed by atoms with van der Waals surface area (Å²) in [7, 11) is 0. The fourth-order valence-corrected chi connectivity index (χ4v) is 2.73. The third-order valence-corrected chi connectivity index (χ3v) is 3.78. The van der Waals surface area contributed by atoms with Gasteiger partial charge >= 0.3 is 0 Å². The van der Waals surface area contributed by atoms with Crippen LogP contribution in [0.4, 0.5) is 5.69 Å². The second kappa shape index (κ2) is 5.41. The Morgan fingerprint density at radius 2 is 2.24 bits per heavy atom. The van der Waals surface area contributed by atoms with Crippen molar-refractivity contribution in [2.24, 2.45) is 0 Å². The third-order valence-electron chi connectivity index (χ3n) is 3.78. The molecule has 1 aliphatic heterocycles. The van der Waals surface area contributed by atoms with E-state index in [1.165, 1.54) is 5.56 Å². The molecule has 0 radical (unpaired) electrons. The number of nitrogens with zero attached hydrogens (tertiary/aromatic N) is 4. The SMILES string of the molecule is Cc1nn(CC(=O)N2CCCc3ccccc32)cc1C#N. The molecule has 21 heavy (non-hydrogen) atoms. The lowest BCUT2D eigenvalue weighted by Crippen LogP contribution is -2.37. The number of nitriles is 1. The van der Waals surface area contributed by atoms with Crippen LogP contribution in [0.3, 0.4) is 0 Å². The molecule has 1 aliphatic rings. The van der Waals surface area contributed by atoms with Gasteiger partial charge in [0.1, 0.15) is 12.6 Å². The maximum atomic E-state index is 12.5. The highest BCUT2D eigenvalue weighted by molar-refractivity contribution is 5.94. The van der Waals surface area contributed by atoms with Crippen molar-refractivity contribution >= 4 is 11.6 Å². The van der Waals surface area contributed by atoms with Crippen molar-refractivity contribution in [3.63, 3.8) is 0 Å². The van der Waals surface area contributed by atoms with Crippen LogP contribution >= 0.6 is 0 Å². The summed E-state index contributed by atoms with van der Waals surface area (Å²) >= 11 is 0. The summed E-state index contributed by atoms with van der Waals surface area (Å²) in [4.78, 5) is 14.3. The number of rotatable bonds is 2. The Hall–Kier alpha value is -2.61. The van der Waals surface area contributed by atoms with Crippen LogP contribution in [-0.4, -0.2) is 22.2 Å². The quantitative estimate of drug-likeness (QED) is 0.845. The van der Waals surface area contributed by atoms with Crippen LogP contribution in [-0.2, 0) is 17.8 Å². The molecule has 0 N–H and O–H groups in total. The van der Waals surface area contributed by atoms with Gasteiger partial charge in [0.2, 0.25) is 5.91 Å². The Morgan fingerprint density at radius 1 is 1.43 bits per heavy atom. The molecule has 3 rings (SSSR count). The second-order valence-electron chi connectivity index (χ2n) is 5.22. The first-order chi connectivity index (χ1) is 10.2. The van der Waals surface area contributed by atoms with E-state index in [2.05, 4.69) is 17.2 Å². The molecule has 2 heterocycles. The molecule has 0 atom stereocenters. The number of fused-ring (bicyclic) bond motifs is 1. The zero-order valence-electron chi connectivity index (χ0n) is 11.9. The first-order valence-corrected chi connectivity index (χ1v) is 7.01. The molecule has 106 valence electrons. The van der Waals surface area contributed by atoms with Gasteiger partial charge < -0.3 is 4.90 Å². The van der Waals surface area contributed by atoms with Crippen LogP contribution in [0.5, 0.6) is 0 Å². The minimum atomic E-state index is 0.00846. The Balaban J connectivity index is 1.82. The lowest BCUT2D eigenvalue weighted by molar-refractivity contribution is -0.119. The molecule has 0 aliphatic carbocycles. The maximum Gasteiger partial charge on any atom is 0.248 e. The van der Waals surface area contributed by atoms with Crippen LogP contribution in [0.1, 0.15) is 23.2 Å². The van der Waals surface area contributed by atoms with Gasteiger partial charge in [0.15, 0.2) is 0 Å². The van der Waals surface area contributed by atoms with Gasteiger partial charge in [0, 0.05) is 18.4 Å². The standard InChI is InChI=1S/C16H16N4O/c1-12-14(9-17)10-19(18-12)11-16(21)20-8-4-6-13-5-2-3-7-15(13)20/h2-3,5,7,10H,4,6,8,11H2,1H3. The van der Waals surface area contributed by atoms with Crippen molar-refractivity contribution in [3.8, 4) is 6.07 Å². The number of aromatic nitrogens is 2. The van der Waals surface area contributed by atoms with Crippen molar-refractivity contribution in [2.45, 2.75) is 26.3 Å². The lowest BCUT2D eigenvalue weighted by atomic mass is 10.0. The van der Waals surface area contributed by atoms with Crippen LogP contribution in [0, 0.1) is 18.3 Å². The van der Waals surface area contributed by atoms with E-state index in [-0.39, 0.29) is 12.5 Å². The van der Waals surface area contributed by atoms with Gasteiger partial charge in [0.05, 0.1) is 11.3 Å². The maximum absolute atomic E-state index is 12.5. The Kier molecular flexibility index (Phi) is 3.44. The van der Waals surface area contributed by atoms with E-state index in [1.54, 1.807) is 17.8 Å². The van der Waals surface area contributed by atoms with E-state index in [9.17, 15) is 4.79 Å². The summed E-state index contributed by atoms with van der Waals surface area (Å²) in [6.45, 7) is 2.67. The Bertz CT molecular complexity index is 726. The molecule has 1 aromatic carbocycles. The summed E-state index contributed by atoms with van der Waals surface area (Å²) in [5.74, 6) is 0.00846. The van der Waals surface area contributed by atoms with Crippen molar-refractivity contribution in [1.82, 2.24) is 9.78 Å². The van der Waals surface area contributed by atoms with Gasteiger partial charge in [-0.2, -0.15) is 10.4 Å². The molecule has 0 unspecified atom stereocenters. The number of amides is 1. The van der Waals surface area contributed by atoms with Crippen molar-refractivity contribution < 1.29 is 4.79 Å². The number of aryl methyl sites for hydroxylation is 2. The van der Waals surface area contributed by atoms with Crippen molar-refractivity contribution in [1.29, 1.82) is 5.26 Å². The van der Waals surface area contributed by atoms with Gasteiger partial charge in [-0.05, 0) is 31.4 Å². The largest absolute Gasteiger partial charge is 0.311 e.